The molecule has 5 nitrogen and oxygen atoms in total. The molecule has 0 unspecified atom stereocenters. The summed E-state index contributed by atoms with van der Waals surface area (Å²) in [5, 5.41) is 11.8. The van der Waals surface area contributed by atoms with Crippen LogP contribution in [0.3, 0.4) is 0 Å². The van der Waals surface area contributed by atoms with E-state index in [-0.39, 0.29) is 11.3 Å². The molecule has 35 heavy (non-hydrogen) atoms. The first-order valence-electron chi connectivity index (χ1n) is 10.4. The van der Waals surface area contributed by atoms with Crippen molar-refractivity contribution in [1.82, 2.24) is 0 Å². The van der Waals surface area contributed by atoms with E-state index in [2.05, 4.69) is 21.2 Å². The van der Waals surface area contributed by atoms with Gasteiger partial charge >= 0.3 is 6.18 Å². The van der Waals surface area contributed by atoms with Crippen LogP contribution in [0.25, 0.3) is 6.08 Å². The van der Waals surface area contributed by atoms with E-state index in [9.17, 15) is 23.2 Å². The van der Waals surface area contributed by atoms with Crippen LogP contribution in [0.1, 0.15) is 23.6 Å². The van der Waals surface area contributed by atoms with Crippen LogP contribution in [0.2, 0.25) is 0 Å². The van der Waals surface area contributed by atoms with Crippen molar-refractivity contribution in [1.29, 1.82) is 5.26 Å². The molecule has 0 spiro atoms. The number of benzene rings is 3. The van der Waals surface area contributed by atoms with Gasteiger partial charge in [-0.15, -0.1) is 0 Å². The van der Waals surface area contributed by atoms with Gasteiger partial charge in [0.1, 0.15) is 18.2 Å². The van der Waals surface area contributed by atoms with Crippen molar-refractivity contribution in [2.45, 2.75) is 19.7 Å². The van der Waals surface area contributed by atoms with Gasteiger partial charge < -0.3 is 14.8 Å². The molecular weight excluding hydrogens is 525 g/mol. The number of alkyl halides is 3. The Labute approximate surface area is 208 Å². The second kappa shape index (κ2) is 11.6. The number of rotatable bonds is 8. The van der Waals surface area contributed by atoms with Gasteiger partial charge in [0, 0.05) is 5.69 Å². The third-order valence-corrected chi connectivity index (χ3v) is 5.27. The Morgan fingerprint density at radius 1 is 1.09 bits per heavy atom. The van der Waals surface area contributed by atoms with Crippen molar-refractivity contribution < 1.29 is 27.4 Å². The van der Waals surface area contributed by atoms with Gasteiger partial charge in [0.25, 0.3) is 5.91 Å². The third-order valence-electron chi connectivity index (χ3n) is 4.68. The van der Waals surface area contributed by atoms with Crippen molar-refractivity contribution in [2.24, 2.45) is 0 Å². The van der Waals surface area contributed by atoms with Crippen LogP contribution >= 0.6 is 15.9 Å². The van der Waals surface area contributed by atoms with E-state index in [1.807, 2.05) is 30.3 Å². The second-order valence-corrected chi connectivity index (χ2v) is 8.09. The van der Waals surface area contributed by atoms with Crippen LogP contribution in [0.4, 0.5) is 18.9 Å². The average molecular weight is 545 g/mol. The summed E-state index contributed by atoms with van der Waals surface area (Å²) in [5.74, 6) is 0.0183. The molecule has 3 rings (SSSR count). The molecule has 0 radical (unpaired) electrons. The third kappa shape index (κ3) is 7.11. The number of anilines is 1. The molecule has 0 aliphatic heterocycles. The minimum absolute atomic E-state index is 0.0770. The van der Waals surface area contributed by atoms with Crippen molar-refractivity contribution in [2.75, 3.05) is 11.9 Å². The molecule has 0 atom stereocenters. The molecule has 0 bridgehead atoms. The summed E-state index contributed by atoms with van der Waals surface area (Å²) in [4.78, 5) is 12.6. The number of halogens is 4. The van der Waals surface area contributed by atoms with E-state index in [0.29, 0.717) is 34.7 Å². The highest BCUT2D eigenvalue weighted by atomic mass is 79.9. The summed E-state index contributed by atoms with van der Waals surface area (Å²) in [6.07, 6.45) is -3.24. The number of carbonyl (C=O) groups is 1. The van der Waals surface area contributed by atoms with Crippen LogP contribution in [0.5, 0.6) is 11.5 Å². The lowest BCUT2D eigenvalue weighted by Crippen LogP contribution is -2.14. The Balaban J connectivity index is 1.84. The van der Waals surface area contributed by atoms with Crippen LogP contribution < -0.4 is 14.8 Å². The van der Waals surface area contributed by atoms with Crippen molar-refractivity contribution in [3.8, 4) is 17.6 Å². The molecule has 0 aliphatic rings. The van der Waals surface area contributed by atoms with E-state index in [0.717, 1.165) is 17.7 Å². The normalized spacial score (nSPS) is 11.5. The second-order valence-electron chi connectivity index (χ2n) is 7.24. The van der Waals surface area contributed by atoms with Gasteiger partial charge in [0.05, 0.1) is 16.6 Å². The molecule has 0 saturated carbocycles. The number of nitrogens with zero attached hydrogens (tertiary/aromatic N) is 1. The monoisotopic (exact) mass is 544 g/mol. The zero-order valence-corrected chi connectivity index (χ0v) is 20.1. The summed E-state index contributed by atoms with van der Waals surface area (Å²) in [5.41, 5.74) is 0.141. The maximum Gasteiger partial charge on any atom is 0.416 e. The van der Waals surface area contributed by atoms with Crippen LogP contribution in [0.15, 0.2) is 76.8 Å². The van der Waals surface area contributed by atoms with Crippen molar-refractivity contribution in [3.63, 3.8) is 0 Å². The summed E-state index contributed by atoms with van der Waals surface area (Å²) in [6.45, 7) is 2.46. The van der Waals surface area contributed by atoms with E-state index in [1.54, 1.807) is 25.1 Å². The fourth-order valence-corrected chi connectivity index (χ4v) is 3.67. The Kier molecular flexibility index (Phi) is 8.55. The van der Waals surface area contributed by atoms with Crippen LogP contribution in [0, 0.1) is 11.3 Å². The number of amides is 1. The quantitative estimate of drug-likeness (QED) is 0.245. The lowest BCUT2D eigenvalue weighted by Gasteiger charge is -2.15. The van der Waals surface area contributed by atoms with Gasteiger partial charge in [0.2, 0.25) is 0 Å². The number of hydrogen-bond donors (Lipinski definition) is 1. The lowest BCUT2D eigenvalue weighted by atomic mass is 10.1. The Morgan fingerprint density at radius 3 is 2.49 bits per heavy atom. The summed E-state index contributed by atoms with van der Waals surface area (Å²) in [6, 6.07) is 18.8. The number of hydrogen-bond acceptors (Lipinski definition) is 4. The number of nitriles is 1. The summed E-state index contributed by atoms with van der Waals surface area (Å²) >= 11 is 3.45. The molecule has 3 aromatic rings. The van der Waals surface area contributed by atoms with Crippen LogP contribution in [-0.2, 0) is 17.6 Å². The minimum Gasteiger partial charge on any atom is -0.490 e. The van der Waals surface area contributed by atoms with E-state index in [1.165, 1.54) is 18.2 Å². The average Bonchev–Trinajstić information content (AvgIpc) is 2.82. The van der Waals surface area contributed by atoms with Crippen molar-refractivity contribution >= 4 is 33.6 Å². The predicted molar refractivity (Wildman–Crippen MR) is 130 cm³/mol. The van der Waals surface area contributed by atoms with Gasteiger partial charge in [-0.2, -0.15) is 18.4 Å². The molecule has 1 amide bonds. The van der Waals surface area contributed by atoms with Gasteiger partial charge in [-0.05, 0) is 70.4 Å². The predicted octanol–water partition coefficient (Wildman–Crippen LogP) is 6.99. The molecule has 0 fully saturated rings. The Morgan fingerprint density at radius 2 is 1.83 bits per heavy atom. The Hall–Kier alpha value is -3.77. The molecule has 180 valence electrons. The molecule has 0 heterocycles. The molecule has 0 aromatic heterocycles. The number of ether oxygens (including phenoxy) is 2. The highest BCUT2D eigenvalue weighted by molar-refractivity contribution is 9.10. The van der Waals surface area contributed by atoms with Gasteiger partial charge in [-0.3, -0.25) is 4.79 Å². The molecule has 9 heteroatoms. The van der Waals surface area contributed by atoms with Gasteiger partial charge in [-0.1, -0.05) is 36.4 Å². The van der Waals surface area contributed by atoms with Gasteiger partial charge in [-0.25, -0.2) is 0 Å². The van der Waals surface area contributed by atoms with Crippen molar-refractivity contribution in [3.05, 3.63) is 93.5 Å². The van der Waals surface area contributed by atoms with E-state index in [4.69, 9.17) is 9.47 Å². The molecular formula is C26H20BrF3N2O3. The minimum atomic E-state index is -4.55. The zero-order valence-electron chi connectivity index (χ0n) is 18.5. The summed E-state index contributed by atoms with van der Waals surface area (Å²) < 4.78 is 51.0. The largest absolute Gasteiger partial charge is 0.490 e. The van der Waals surface area contributed by atoms with Gasteiger partial charge in [0.15, 0.2) is 11.5 Å². The Bertz CT molecular complexity index is 1270. The number of nitrogens with one attached hydrogen (secondary N) is 1. The molecule has 3 aromatic carbocycles. The highest BCUT2D eigenvalue weighted by Crippen LogP contribution is 2.38. The smallest absolute Gasteiger partial charge is 0.416 e. The van der Waals surface area contributed by atoms with Crippen LogP contribution in [-0.4, -0.2) is 12.5 Å². The van der Waals surface area contributed by atoms with E-state index < -0.39 is 17.6 Å². The lowest BCUT2D eigenvalue weighted by molar-refractivity contribution is -0.137. The fourth-order valence-electron chi connectivity index (χ4n) is 3.09. The molecule has 1 N–H and O–H groups in total. The maximum absolute atomic E-state index is 12.9. The standard InChI is InChI=1S/C26H20BrF3N2O3/c1-2-34-23-13-18(12-22(27)24(23)35-16-17-7-4-3-5-8-17)11-19(15-31)25(33)32-21-10-6-9-20(14-21)26(28,29)30/h3-14H,2,16H2,1H3,(H,32,33)/b19-11+. The highest BCUT2D eigenvalue weighted by Gasteiger charge is 2.30. The SMILES string of the molecule is CCOc1cc(/C=C(\C#N)C(=O)Nc2cccc(C(F)(F)F)c2)cc(Br)c1OCc1ccccc1. The topological polar surface area (TPSA) is 71.3 Å². The summed E-state index contributed by atoms with van der Waals surface area (Å²) in [7, 11) is 0. The number of carbonyl (C=O) groups excluding carboxylic acids is 1. The first kappa shape index (κ1) is 25.8. The fraction of sp³-hybridized carbons (Fsp3) is 0.154. The maximum atomic E-state index is 12.9. The molecule has 0 saturated heterocycles. The molecule has 0 aliphatic carbocycles. The zero-order chi connectivity index (χ0) is 25.4. The van der Waals surface area contributed by atoms with E-state index >= 15 is 0 Å². The first-order chi connectivity index (χ1) is 16.7. The first-order valence-corrected chi connectivity index (χ1v) is 11.2.